The van der Waals surface area contributed by atoms with E-state index >= 15 is 0 Å². The maximum atomic E-state index is 11.7. The van der Waals surface area contributed by atoms with Gasteiger partial charge in [0.2, 0.25) is 0 Å². The molecule has 1 aliphatic heterocycles. The summed E-state index contributed by atoms with van der Waals surface area (Å²) >= 11 is 3.41. The number of phenolic OH excluding ortho intramolecular Hbond substituents is 1. The largest absolute Gasteiger partial charge is 0.508 e. The Bertz CT molecular complexity index is 1920. The van der Waals surface area contributed by atoms with E-state index in [-0.39, 0.29) is 16.9 Å². The van der Waals surface area contributed by atoms with Crippen LogP contribution in [0.25, 0.3) is 11.4 Å². The van der Waals surface area contributed by atoms with Gasteiger partial charge in [0.1, 0.15) is 11.5 Å². The molecule has 8 heteroatoms. The van der Waals surface area contributed by atoms with E-state index in [0.29, 0.717) is 0 Å². The SMILES string of the molecule is C=C1C=CC(Br)=CN1c1ccc(O)cc1.COc1ccc(-n2cc(C)ccc2=O)cc1.Cc1ccc(=O)n(-c2ccccc2)c1. The highest BCUT2D eigenvalue weighted by Crippen LogP contribution is 2.27. The highest BCUT2D eigenvalue weighted by molar-refractivity contribution is 9.11. The predicted octanol–water partition coefficient (Wildman–Crippen LogP) is 7.82. The van der Waals surface area contributed by atoms with Crippen molar-refractivity contribution in [1.29, 1.82) is 0 Å². The van der Waals surface area contributed by atoms with E-state index < -0.39 is 0 Å². The zero-order chi connectivity index (χ0) is 32.3. The first kappa shape index (κ1) is 32.6. The quantitative estimate of drug-likeness (QED) is 0.212. The molecule has 6 rings (SSSR count). The molecule has 0 saturated heterocycles. The van der Waals surface area contributed by atoms with Gasteiger partial charge in [-0.1, -0.05) is 36.9 Å². The van der Waals surface area contributed by atoms with Gasteiger partial charge in [0.15, 0.2) is 0 Å². The molecular weight excluding hydrogens is 630 g/mol. The fourth-order valence-corrected chi connectivity index (χ4v) is 4.62. The van der Waals surface area contributed by atoms with Gasteiger partial charge in [0.05, 0.1) is 7.11 Å². The van der Waals surface area contributed by atoms with E-state index in [2.05, 4.69) is 22.5 Å². The number of ether oxygens (including phenoxy) is 1. The zero-order valence-electron chi connectivity index (χ0n) is 25.3. The molecule has 7 nitrogen and oxygen atoms in total. The Morgan fingerprint density at radius 3 is 1.71 bits per heavy atom. The lowest BCUT2D eigenvalue weighted by molar-refractivity contribution is 0.414. The lowest BCUT2D eigenvalue weighted by atomic mass is 10.2. The van der Waals surface area contributed by atoms with Crippen LogP contribution in [0.2, 0.25) is 0 Å². The summed E-state index contributed by atoms with van der Waals surface area (Å²) in [5.41, 5.74) is 5.71. The fraction of sp³-hybridized carbons (Fsp3) is 0.0811. The lowest BCUT2D eigenvalue weighted by Crippen LogP contribution is -2.16. The summed E-state index contributed by atoms with van der Waals surface area (Å²) in [6.07, 6.45) is 9.48. The highest BCUT2D eigenvalue weighted by atomic mass is 79.9. The van der Waals surface area contributed by atoms with Crippen molar-refractivity contribution in [2.45, 2.75) is 13.8 Å². The summed E-state index contributed by atoms with van der Waals surface area (Å²) < 4.78 is 9.33. The predicted molar refractivity (Wildman–Crippen MR) is 186 cm³/mol. The van der Waals surface area contributed by atoms with Gasteiger partial charge >= 0.3 is 0 Å². The molecule has 0 bridgehead atoms. The number of aryl methyl sites for hydroxylation is 2. The van der Waals surface area contributed by atoms with Crippen LogP contribution >= 0.6 is 15.9 Å². The molecule has 0 fully saturated rings. The molecule has 228 valence electrons. The van der Waals surface area contributed by atoms with Crippen molar-refractivity contribution >= 4 is 21.6 Å². The van der Waals surface area contributed by atoms with Crippen molar-refractivity contribution in [3.05, 3.63) is 182 Å². The number of aromatic nitrogens is 2. The Morgan fingerprint density at radius 2 is 1.18 bits per heavy atom. The van der Waals surface area contributed by atoms with Crippen LogP contribution in [0.3, 0.4) is 0 Å². The third kappa shape index (κ3) is 9.08. The number of hydrogen-bond donors (Lipinski definition) is 1. The molecular formula is C37H34BrN3O4. The molecule has 0 radical (unpaired) electrons. The fourth-order valence-electron chi connectivity index (χ4n) is 4.28. The molecule has 5 aromatic rings. The molecule has 1 N–H and O–H groups in total. The van der Waals surface area contributed by atoms with Crippen LogP contribution in [0, 0.1) is 13.8 Å². The molecule has 1 aliphatic rings. The average Bonchev–Trinajstić information content (AvgIpc) is 3.06. The van der Waals surface area contributed by atoms with Crippen molar-refractivity contribution in [3.8, 4) is 22.9 Å². The molecule has 0 aliphatic carbocycles. The summed E-state index contributed by atoms with van der Waals surface area (Å²) in [7, 11) is 1.62. The van der Waals surface area contributed by atoms with Gasteiger partial charge in [-0.15, -0.1) is 0 Å². The molecule has 3 aromatic carbocycles. The van der Waals surface area contributed by atoms with Gasteiger partial charge in [0, 0.05) is 58.0 Å². The third-order valence-corrected chi connectivity index (χ3v) is 7.10. The molecule has 0 saturated carbocycles. The maximum absolute atomic E-state index is 11.7. The molecule has 2 aromatic heterocycles. The normalized spacial score (nSPS) is 11.9. The monoisotopic (exact) mass is 663 g/mol. The van der Waals surface area contributed by atoms with Crippen molar-refractivity contribution in [2.24, 2.45) is 0 Å². The lowest BCUT2D eigenvalue weighted by Gasteiger charge is -2.23. The number of anilines is 1. The number of hydrogen-bond acceptors (Lipinski definition) is 5. The number of rotatable bonds is 4. The second-order valence-electron chi connectivity index (χ2n) is 10.1. The zero-order valence-corrected chi connectivity index (χ0v) is 26.9. The standard InChI is InChI=1S/C13H13NO2.C12H10BrNO.C12H11NO/c1-10-3-8-13(15)14(9-10)11-4-6-12(16-2)7-5-11;1-9-2-3-10(13)8-14(9)11-4-6-12(15)7-5-11;1-10-7-8-12(14)13(9-10)11-5-3-2-4-6-11/h3-9H,1-2H3;2-8,15H,1H2;2-9H,1H3. The van der Waals surface area contributed by atoms with Gasteiger partial charge in [-0.3, -0.25) is 18.7 Å². The summed E-state index contributed by atoms with van der Waals surface area (Å²) in [5, 5.41) is 9.19. The van der Waals surface area contributed by atoms with Crippen LogP contribution in [-0.2, 0) is 0 Å². The van der Waals surface area contributed by atoms with Crippen molar-refractivity contribution in [2.75, 3.05) is 12.0 Å². The van der Waals surface area contributed by atoms with Crippen molar-refractivity contribution < 1.29 is 9.84 Å². The van der Waals surface area contributed by atoms with Crippen LogP contribution in [0.5, 0.6) is 11.5 Å². The van der Waals surface area contributed by atoms with Gasteiger partial charge < -0.3 is 14.7 Å². The smallest absolute Gasteiger partial charge is 0.255 e. The van der Waals surface area contributed by atoms with Crippen molar-refractivity contribution in [3.63, 3.8) is 0 Å². The van der Waals surface area contributed by atoms with E-state index in [1.165, 1.54) is 0 Å². The van der Waals surface area contributed by atoms with Gasteiger partial charge in [-0.25, -0.2) is 0 Å². The van der Waals surface area contributed by atoms with E-state index in [0.717, 1.165) is 44.1 Å². The Balaban J connectivity index is 0.000000154. The van der Waals surface area contributed by atoms with Crippen LogP contribution in [-0.4, -0.2) is 21.4 Å². The Kier molecular flexibility index (Phi) is 11.2. The average molecular weight is 665 g/mol. The summed E-state index contributed by atoms with van der Waals surface area (Å²) in [6, 6.07) is 30.8. The van der Waals surface area contributed by atoms with Crippen LogP contribution in [0.1, 0.15) is 11.1 Å². The van der Waals surface area contributed by atoms with E-state index in [9.17, 15) is 14.7 Å². The van der Waals surface area contributed by atoms with Crippen molar-refractivity contribution in [1.82, 2.24) is 9.13 Å². The van der Waals surface area contributed by atoms with Gasteiger partial charge in [-0.05, 0) is 114 Å². The van der Waals surface area contributed by atoms with Gasteiger partial charge in [0.25, 0.3) is 11.1 Å². The minimum absolute atomic E-state index is 0.00167. The molecule has 3 heterocycles. The Morgan fingerprint density at radius 1 is 0.667 bits per heavy atom. The number of nitrogens with zero attached hydrogens (tertiary/aromatic N) is 3. The Labute approximate surface area is 271 Å². The van der Waals surface area contributed by atoms with E-state index in [1.54, 1.807) is 40.5 Å². The summed E-state index contributed by atoms with van der Waals surface area (Å²) in [4.78, 5) is 25.1. The number of phenols is 1. The number of methoxy groups -OCH3 is 1. The topological polar surface area (TPSA) is 76.7 Å². The minimum atomic E-state index is -0.0317. The van der Waals surface area contributed by atoms with Crippen LogP contribution in [0.15, 0.2) is 160 Å². The first-order valence-electron chi connectivity index (χ1n) is 14.1. The van der Waals surface area contributed by atoms with Crippen LogP contribution in [0.4, 0.5) is 5.69 Å². The number of pyridine rings is 2. The first-order valence-corrected chi connectivity index (χ1v) is 14.8. The minimum Gasteiger partial charge on any atom is -0.508 e. The molecule has 0 spiro atoms. The highest BCUT2D eigenvalue weighted by Gasteiger charge is 2.09. The van der Waals surface area contributed by atoms with E-state index in [1.807, 2.05) is 128 Å². The Hall–Kier alpha value is -5.34. The second kappa shape index (κ2) is 15.4. The van der Waals surface area contributed by atoms with Crippen LogP contribution < -0.4 is 20.8 Å². The molecule has 45 heavy (non-hydrogen) atoms. The number of para-hydroxylation sites is 1. The number of benzene rings is 3. The molecule has 0 amide bonds. The number of halogens is 1. The third-order valence-electron chi connectivity index (χ3n) is 6.63. The second-order valence-corrected chi connectivity index (χ2v) is 11.0. The van der Waals surface area contributed by atoms with Gasteiger partial charge in [-0.2, -0.15) is 0 Å². The maximum Gasteiger partial charge on any atom is 0.255 e. The number of allylic oxidation sites excluding steroid dienone is 3. The summed E-state index contributed by atoms with van der Waals surface area (Å²) in [6.45, 7) is 7.87. The number of aromatic hydroxyl groups is 1. The summed E-state index contributed by atoms with van der Waals surface area (Å²) in [5.74, 6) is 1.05. The first-order chi connectivity index (χ1) is 21.6. The molecule has 0 atom stereocenters. The van der Waals surface area contributed by atoms with E-state index in [4.69, 9.17) is 4.74 Å². The molecule has 0 unspecified atom stereocenters.